The average molecular weight is 263 g/mol. The molecule has 1 heterocycles. The van der Waals surface area contributed by atoms with Gasteiger partial charge in [-0.3, -0.25) is 4.68 Å². The largest absolute Gasteiger partial charge is 0.313 e. The first-order chi connectivity index (χ1) is 9.08. The van der Waals surface area contributed by atoms with Crippen LogP contribution in [0.25, 0.3) is 0 Å². The Balaban J connectivity index is 2.30. The highest BCUT2D eigenvalue weighted by atomic mass is 15.3. The Hall–Kier alpha value is -0.830. The van der Waals surface area contributed by atoms with Crippen LogP contribution in [0.1, 0.15) is 75.0 Å². The lowest BCUT2D eigenvalue weighted by atomic mass is 9.87. The van der Waals surface area contributed by atoms with Crippen molar-refractivity contribution in [2.24, 2.45) is 5.92 Å². The van der Waals surface area contributed by atoms with Crippen molar-refractivity contribution in [1.82, 2.24) is 15.1 Å². The molecule has 1 aliphatic carbocycles. The normalized spacial score (nSPS) is 25.5. The maximum atomic E-state index is 4.86. The van der Waals surface area contributed by atoms with Crippen molar-refractivity contribution in [2.45, 2.75) is 71.9 Å². The third kappa shape index (κ3) is 2.86. The number of aryl methyl sites for hydroxylation is 1. The number of rotatable bonds is 4. The molecule has 0 bridgehead atoms. The second-order valence-electron chi connectivity index (χ2n) is 6.20. The van der Waals surface area contributed by atoms with Gasteiger partial charge in [-0.25, -0.2) is 0 Å². The molecule has 1 aromatic heterocycles. The van der Waals surface area contributed by atoms with Gasteiger partial charge in [-0.15, -0.1) is 0 Å². The highest BCUT2D eigenvalue weighted by Crippen LogP contribution is 2.35. The van der Waals surface area contributed by atoms with E-state index < -0.39 is 0 Å². The van der Waals surface area contributed by atoms with Crippen LogP contribution in [0.4, 0.5) is 0 Å². The molecular formula is C16H29N3. The molecule has 1 saturated carbocycles. The molecule has 0 radical (unpaired) electrons. The predicted molar refractivity (Wildman–Crippen MR) is 80.5 cm³/mol. The lowest BCUT2D eigenvalue weighted by molar-refractivity contribution is 0.262. The zero-order valence-corrected chi connectivity index (χ0v) is 13.2. The molecule has 108 valence electrons. The van der Waals surface area contributed by atoms with E-state index >= 15 is 0 Å². The molecular weight excluding hydrogens is 234 g/mol. The second kappa shape index (κ2) is 6.08. The van der Waals surface area contributed by atoms with Crippen LogP contribution in [0.15, 0.2) is 0 Å². The molecule has 1 aliphatic rings. The van der Waals surface area contributed by atoms with Crippen LogP contribution >= 0.6 is 0 Å². The minimum absolute atomic E-state index is 0.440. The number of hydrogen-bond donors (Lipinski definition) is 1. The van der Waals surface area contributed by atoms with Gasteiger partial charge in [0.2, 0.25) is 0 Å². The standard InChI is InChI=1S/C16H29N3/c1-6-15(17-5)16-12(3)18-19(13(16)4)14-9-7-8-11(2)10-14/h11,14-15,17H,6-10H2,1-5H3. The number of hydrogen-bond acceptors (Lipinski definition) is 2. The van der Waals surface area contributed by atoms with E-state index in [-0.39, 0.29) is 0 Å². The van der Waals surface area contributed by atoms with Crippen molar-refractivity contribution in [3.05, 3.63) is 17.0 Å². The third-order valence-corrected chi connectivity index (χ3v) is 4.74. The molecule has 2 rings (SSSR count). The smallest absolute Gasteiger partial charge is 0.0644 e. The minimum atomic E-state index is 0.440. The Morgan fingerprint density at radius 1 is 1.37 bits per heavy atom. The van der Waals surface area contributed by atoms with Gasteiger partial charge >= 0.3 is 0 Å². The monoisotopic (exact) mass is 263 g/mol. The summed E-state index contributed by atoms with van der Waals surface area (Å²) < 4.78 is 2.32. The summed E-state index contributed by atoms with van der Waals surface area (Å²) >= 11 is 0. The van der Waals surface area contributed by atoms with E-state index in [1.807, 2.05) is 7.05 Å². The molecule has 0 aliphatic heterocycles. The van der Waals surface area contributed by atoms with Crippen molar-refractivity contribution < 1.29 is 0 Å². The van der Waals surface area contributed by atoms with Crippen LogP contribution in [-0.4, -0.2) is 16.8 Å². The fraction of sp³-hybridized carbons (Fsp3) is 0.812. The predicted octanol–water partition coefficient (Wildman–Crippen LogP) is 3.92. The lowest BCUT2D eigenvalue weighted by Crippen LogP contribution is -2.21. The second-order valence-corrected chi connectivity index (χ2v) is 6.20. The molecule has 3 heteroatoms. The van der Waals surface area contributed by atoms with Crippen molar-refractivity contribution in [3.8, 4) is 0 Å². The van der Waals surface area contributed by atoms with Crippen LogP contribution < -0.4 is 5.32 Å². The molecule has 0 aromatic carbocycles. The van der Waals surface area contributed by atoms with Crippen molar-refractivity contribution >= 4 is 0 Å². The van der Waals surface area contributed by atoms with Crippen LogP contribution in [0, 0.1) is 19.8 Å². The topological polar surface area (TPSA) is 29.9 Å². The first-order valence-electron chi connectivity index (χ1n) is 7.81. The molecule has 3 unspecified atom stereocenters. The number of nitrogens with zero attached hydrogens (tertiary/aromatic N) is 2. The maximum Gasteiger partial charge on any atom is 0.0644 e. The van der Waals surface area contributed by atoms with Crippen molar-refractivity contribution in [2.75, 3.05) is 7.05 Å². The van der Waals surface area contributed by atoms with Crippen LogP contribution in [0.5, 0.6) is 0 Å². The Morgan fingerprint density at radius 3 is 2.68 bits per heavy atom. The van der Waals surface area contributed by atoms with Gasteiger partial charge in [-0.2, -0.15) is 5.10 Å². The molecule has 3 atom stereocenters. The SMILES string of the molecule is CCC(NC)c1c(C)nn(C2CCCC(C)C2)c1C. The van der Waals surface area contributed by atoms with E-state index in [4.69, 9.17) is 5.10 Å². The summed E-state index contributed by atoms with van der Waals surface area (Å²) in [5, 5.41) is 8.28. The first-order valence-corrected chi connectivity index (χ1v) is 7.81. The van der Waals surface area contributed by atoms with Crippen molar-refractivity contribution in [3.63, 3.8) is 0 Å². The fourth-order valence-electron chi connectivity index (χ4n) is 3.71. The van der Waals surface area contributed by atoms with Gasteiger partial charge in [0.05, 0.1) is 11.7 Å². The summed E-state index contributed by atoms with van der Waals surface area (Å²) in [6.07, 6.45) is 6.43. The van der Waals surface area contributed by atoms with Gasteiger partial charge in [0.1, 0.15) is 0 Å². The summed E-state index contributed by atoms with van der Waals surface area (Å²) in [4.78, 5) is 0. The van der Waals surface area contributed by atoms with Gasteiger partial charge in [-0.05, 0) is 46.1 Å². The Morgan fingerprint density at radius 2 is 2.11 bits per heavy atom. The summed E-state index contributed by atoms with van der Waals surface area (Å²) in [5.41, 5.74) is 4.00. The molecule has 1 N–H and O–H groups in total. The molecule has 19 heavy (non-hydrogen) atoms. The van der Waals surface area contributed by atoms with Gasteiger partial charge < -0.3 is 5.32 Å². The summed E-state index contributed by atoms with van der Waals surface area (Å²) in [6, 6.07) is 1.06. The van der Waals surface area contributed by atoms with Gasteiger partial charge in [0.25, 0.3) is 0 Å². The van der Waals surface area contributed by atoms with Crippen molar-refractivity contribution in [1.29, 1.82) is 0 Å². The summed E-state index contributed by atoms with van der Waals surface area (Å²) in [5.74, 6) is 0.845. The van der Waals surface area contributed by atoms with Crippen LogP contribution in [0.2, 0.25) is 0 Å². The van der Waals surface area contributed by atoms with E-state index in [1.165, 1.54) is 42.6 Å². The fourth-order valence-corrected chi connectivity index (χ4v) is 3.71. The minimum Gasteiger partial charge on any atom is -0.313 e. The number of aromatic nitrogens is 2. The van der Waals surface area contributed by atoms with E-state index in [2.05, 4.69) is 37.7 Å². The molecule has 1 aromatic rings. The Kier molecular flexibility index (Phi) is 4.67. The van der Waals surface area contributed by atoms with E-state index in [0.717, 1.165) is 12.3 Å². The van der Waals surface area contributed by atoms with E-state index in [9.17, 15) is 0 Å². The highest BCUT2D eigenvalue weighted by molar-refractivity contribution is 5.28. The molecule has 3 nitrogen and oxygen atoms in total. The molecule has 1 fully saturated rings. The number of nitrogens with one attached hydrogen (secondary N) is 1. The summed E-state index contributed by atoms with van der Waals surface area (Å²) in [7, 11) is 2.05. The first kappa shape index (κ1) is 14.6. The van der Waals surface area contributed by atoms with E-state index in [0.29, 0.717) is 12.1 Å². The van der Waals surface area contributed by atoms with Gasteiger partial charge in [0, 0.05) is 17.3 Å². The van der Waals surface area contributed by atoms with Gasteiger partial charge in [0.15, 0.2) is 0 Å². The highest BCUT2D eigenvalue weighted by Gasteiger charge is 2.25. The van der Waals surface area contributed by atoms with Crippen LogP contribution in [-0.2, 0) is 0 Å². The van der Waals surface area contributed by atoms with E-state index in [1.54, 1.807) is 0 Å². The Bertz CT molecular complexity index is 418. The quantitative estimate of drug-likeness (QED) is 0.892. The lowest BCUT2D eigenvalue weighted by Gasteiger charge is -2.28. The molecule has 0 amide bonds. The molecule has 0 spiro atoms. The average Bonchev–Trinajstić information content (AvgIpc) is 2.68. The van der Waals surface area contributed by atoms with Gasteiger partial charge in [-0.1, -0.05) is 26.7 Å². The third-order valence-electron chi connectivity index (χ3n) is 4.74. The Labute approximate surface area is 117 Å². The van der Waals surface area contributed by atoms with Crippen LogP contribution in [0.3, 0.4) is 0 Å². The maximum absolute atomic E-state index is 4.86. The zero-order chi connectivity index (χ0) is 14.0. The molecule has 0 saturated heterocycles. The zero-order valence-electron chi connectivity index (χ0n) is 13.2. The summed E-state index contributed by atoms with van der Waals surface area (Å²) in [6.45, 7) is 9.01.